The van der Waals surface area contributed by atoms with E-state index in [4.69, 9.17) is 5.11 Å². The summed E-state index contributed by atoms with van der Waals surface area (Å²) in [4.78, 5) is 0. The van der Waals surface area contributed by atoms with Crippen molar-refractivity contribution in [3.63, 3.8) is 0 Å². The maximum atomic E-state index is 9.00. The summed E-state index contributed by atoms with van der Waals surface area (Å²) in [6, 6.07) is 0. The molecule has 0 spiro atoms. The van der Waals surface area contributed by atoms with Crippen molar-refractivity contribution < 1.29 is 5.11 Å². The molecule has 4 heteroatoms. The van der Waals surface area contributed by atoms with E-state index in [1.54, 1.807) is 0 Å². The number of rotatable bonds is 9. The minimum atomic E-state index is -0.0273. The molecule has 1 rings (SSSR count). The average molecular weight is 239 g/mol. The van der Waals surface area contributed by atoms with Gasteiger partial charge in [-0.15, -0.1) is 10.2 Å². The maximum Gasteiger partial charge on any atom is 0.158 e. The first-order chi connectivity index (χ1) is 8.29. The molecule has 0 saturated carbocycles. The number of aliphatic hydroxyl groups excluding tert-OH is 1. The number of nitrogens with zero attached hydrogens (tertiary/aromatic N) is 3. The zero-order chi connectivity index (χ0) is 12.5. The highest BCUT2D eigenvalue weighted by Gasteiger charge is 2.06. The van der Waals surface area contributed by atoms with Gasteiger partial charge in [0.25, 0.3) is 0 Å². The van der Waals surface area contributed by atoms with Crippen LogP contribution >= 0.6 is 0 Å². The van der Waals surface area contributed by atoms with Gasteiger partial charge >= 0.3 is 0 Å². The molecule has 0 aliphatic rings. The topological polar surface area (TPSA) is 50.9 Å². The van der Waals surface area contributed by atoms with Crippen molar-refractivity contribution in [2.24, 2.45) is 7.05 Å². The van der Waals surface area contributed by atoms with Gasteiger partial charge in [0.2, 0.25) is 0 Å². The maximum absolute atomic E-state index is 9.00. The molecule has 0 amide bonds. The first kappa shape index (κ1) is 14.2. The number of unbranched alkanes of at least 4 members (excludes halogenated alkanes) is 6. The predicted octanol–water partition coefficient (Wildman–Crippen LogP) is 2.60. The van der Waals surface area contributed by atoms with Gasteiger partial charge in [0.1, 0.15) is 12.4 Å². The second-order valence-electron chi connectivity index (χ2n) is 4.62. The number of aliphatic hydroxyl groups is 1. The van der Waals surface area contributed by atoms with E-state index < -0.39 is 0 Å². The average Bonchev–Trinajstić information content (AvgIpc) is 2.69. The van der Waals surface area contributed by atoms with Crippen molar-refractivity contribution in [3.8, 4) is 0 Å². The fourth-order valence-electron chi connectivity index (χ4n) is 1.99. The first-order valence-electron chi connectivity index (χ1n) is 6.77. The van der Waals surface area contributed by atoms with E-state index >= 15 is 0 Å². The summed E-state index contributed by atoms with van der Waals surface area (Å²) >= 11 is 0. The minimum absolute atomic E-state index is 0.0273. The molecule has 0 fully saturated rings. The first-order valence-corrected chi connectivity index (χ1v) is 6.77. The lowest BCUT2D eigenvalue weighted by molar-refractivity contribution is 0.266. The van der Waals surface area contributed by atoms with Crippen LogP contribution in [-0.2, 0) is 20.1 Å². The number of hydrogen-bond acceptors (Lipinski definition) is 3. The molecule has 0 saturated heterocycles. The van der Waals surface area contributed by atoms with Crippen LogP contribution in [0.3, 0.4) is 0 Å². The Morgan fingerprint density at radius 1 is 0.941 bits per heavy atom. The molecule has 17 heavy (non-hydrogen) atoms. The lowest BCUT2D eigenvalue weighted by Crippen LogP contribution is -2.02. The molecule has 0 aliphatic heterocycles. The van der Waals surface area contributed by atoms with Gasteiger partial charge in [0.05, 0.1) is 0 Å². The van der Waals surface area contributed by atoms with Crippen LogP contribution in [0, 0.1) is 0 Å². The van der Waals surface area contributed by atoms with Crippen LogP contribution in [0.1, 0.15) is 63.5 Å². The van der Waals surface area contributed by atoms with Crippen LogP contribution in [0.4, 0.5) is 0 Å². The highest BCUT2D eigenvalue weighted by molar-refractivity contribution is 4.93. The third kappa shape index (κ3) is 4.86. The van der Waals surface area contributed by atoms with Crippen LogP contribution in [0.15, 0.2) is 0 Å². The van der Waals surface area contributed by atoms with Crippen molar-refractivity contribution in [3.05, 3.63) is 11.6 Å². The Kier molecular flexibility index (Phi) is 6.86. The number of aromatic nitrogens is 3. The molecule has 1 aromatic rings. The molecule has 0 aromatic carbocycles. The fourth-order valence-corrected chi connectivity index (χ4v) is 1.99. The summed E-state index contributed by atoms with van der Waals surface area (Å²) in [5.41, 5.74) is 0. The Labute approximate surface area is 104 Å². The summed E-state index contributed by atoms with van der Waals surface area (Å²) in [6.45, 7) is 2.22. The van der Waals surface area contributed by atoms with Gasteiger partial charge in [0.15, 0.2) is 5.82 Å². The molecule has 1 N–H and O–H groups in total. The second kappa shape index (κ2) is 8.23. The van der Waals surface area contributed by atoms with Crippen LogP contribution in [-0.4, -0.2) is 19.9 Å². The molecule has 0 aliphatic carbocycles. The standard InChI is InChI=1S/C13H25N3O/c1-3-4-5-6-7-8-9-10-12-14-15-13(11-17)16(12)2/h17H,3-11H2,1-2H3. The third-order valence-corrected chi connectivity index (χ3v) is 3.20. The van der Waals surface area contributed by atoms with E-state index in [2.05, 4.69) is 17.1 Å². The zero-order valence-corrected chi connectivity index (χ0v) is 11.2. The van der Waals surface area contributed by atoms with E-state index in [1.807, 2.05) is 11.6 Å². The Balaban J connectivity index is 2.11. The third-order valence-electron chi connectivity index (χ3n) is 3.20. The summed E-state index contributed by atoms with van der Waals surface area (Å²) in [5, 5.41) is 17.0. The molecule has 1 heterocycles. The number of hydrogen-bond donors (Lipinski definition) is 1. The molecule has 98 valence electrons. The zero-order valence-electron chi connectivity index (χ0n) is 11.2. The SMILES string of the molecule is CCCCCCCCCc1nnc(CO)n1C. The van der Waals surface area contributed by atoms with Crippen LogP contribution < -0.4 is 0 Å². The highest BCUT2D eigenvalue weighted by Crippen LogP contribution is 2.09. The Bertz CT molecular complexity index is 310. The quantitative estimate of drug-likeness (QED) is 0.674. The molecular weight excluding hydrogens is 214 g/mol. The lowest BCUT2D eigenvalue weighted by atomic mass is 10.1. The normalized spacial score (nSPS) is 11.0. The predicted molar refractivity (Wildman–Crippen MR) is 68.6 cm³/mol. The second-order valence-corrected chi connectivity index (χ2v) is 4.62. The lowest BCUT2D eigenvalue weighted by Gasteiger charge is -2.02. The molecule has 0 unspecified atom stereocenters. The summed E-state index contributed by atoms with van der Waals surface area (Å²) in [7, 11) is 1.92. The van der Waals surface area contributed by atoms with Gasteiger partial charge in [-0.2, -0.15) is 0 Å². The molecule has 0 atom stereocenters. The fraction of sp³-hybridized carbons (Fsp3) is 0.846. The largest absolute Gasteiger partial charge is 0.388 e. The molecule has 4 nitrogen and oxygen atoms in total. The van der Waals surface area contributed by atoms with Crippen molar-refractivity contribution in [2.45, 2.75) is 64.9 Å². The minimum Gasteiger partial charge on any atom is -0.388 e. The Hall–Kier alpha value is -0.900. The van der Waals surface area contributed by atoms with Crippen molar-refractivity contribution in [1.82, 2.24) is 14.8 Å². The van der Waals surface area contributed by atoms with Gasteiger partial charge in [-0.3, -0.25) is 0 Å². The summed E-state index contributed by atoms with van der Waals surface area (Å²) in [5.74, 6) is 1.64. The Morgan fingerprint density at radius 3 is 2.12 bits per heavy atom. The molecule has 0 radical (unpaired) electrons. The van der Waals surface area contributed by atoms with Gasteiger partial charge in [0, 0.05) is 13.5 Å². The smallest absolute Gasteiger partial charge is 0.158 e. The van der Waals surface area contributed by atoms with Crippen molar-refractivity contribution in [2.75, 3.05) is 0 Å². The van der Waals surface area contributed by atoms with Crippen LogP contribution in [0.5, 0.6) is 0 Å². The summed E-state index contributed by atoms with van der Waals surface area (Å²) < 4.78 is 1.90. The highest BCUT2D eigenvalue weighted by atomic mass is 16.3. The molecule has 1 aromatic heterocycles. The molecule has 0 bridgehead atoms. The monoisotopic (exact) mass is 239 g/mol. The van der Waals surface area contributed by atoms with Gasteiger partial charge < -0.3 is 9.67 Å². The van der Waals surface area contributed by atoms with Crippen LogP contribution in [0.25, 0.3) is 0 Å². The van der Waals surface area contributed by atoms with E-state index in [0.29, 0.717) is 5.82 Å². The summed E-state index contributed by atoms with van der Waals surface area (Å²) in [6.07, 6.45) is 10.1. The number of aryl methyl sites for hydroxylation is 1. The van der Waals surface area contributed by atoms with Gasteiger partial charge in [-0.25, -0.2) is 0 Å². The molecular formula is C13H25N3O. The Morgan fingerprint density at radius 2 is 1.53 bits per heavy atom. The van der Waals surface area contributed by atoms with Gasteiger partial charge in [-0.05, 0) is 6.42 Å². The van der Waals surface area contributed by atoms with Gasteiger partial charge in [-0.1, -0.05) is 45.4 Å². The van der Waals surface area contributed by atoms with Crippen molar-refractivity contribution in [1.29, 1.82) is 0 Å². The van der Waals surface area contributed by atoms with E-state index in [-0.39, 0.29) is 6.61 Å². The van der Waals surface area contributed by atoms with E-state index in [9.17, 15) is 0 Å². The van der Waals surface area contributed by atoms with Crippen LogP contribution in [0.2, 0.25) is 0 Å². The van der Waals surface area contributed by atoms with Crippen molar-refractivity contribution >= 4 is 0 Å². The van der Waals surface area contributed by atoms with E-state index in [1.165, 1.54) is 44.9 Å². The van der Waals surface area contributed by atoms with E-state index in [0.717, 1.165) is 12.2 Å².